The minimum absolute atomic E-state index is 0.247. The molecule has 4 nitrogen and oxygen atoms in total. The minimum atomic E-state index is -0.247. The van der Waals surface area contributed by atoms with Crippen LogP contribution in [0.25, 0.3) is 0 Å². The van der Waals surface area contributed by atoms with E-state index in [9.17, 15) is 0 Å². The molecule has 1 atom stereocenters. The molecule has 1 aromatic carbocycles. The molecule has 118 valence electrons. The summed E-state index contributed by atoms with van der Waals surface area (Å²) in [6.45, 7) is 7.12. The van der Waals surface area contributed by atoms with E-state index in [0.29, 0.717) is 11.9 Å². The third-order valence-corrected chi connectivity index (χ3v) is 4.57. The highest BCUT2D eigenvalue weighted by Gasteiger charge is 2.22. The van der Waals surface area contributed by atoms with Crippen molar-refractivity contribution in [3.63, 3.8) is 0 Å². The van der Waals surface area contributed by atoms with Crippen LogP contribution in [-0.2, 0) is 0 Å². The molecule has 1 rings (SSSR count). The van der Waals surface area contributed by atoms with Crippen molar-refractivity contribution in [3.8, 4) is 0 Å². The lowest BCUT2D eigenvalue weighted by atomic mass is 9.86. The fourth-order valence-electron chi connectivity index (χ4n) is 2.21. The van der Waals surface area contributed by atoms with Gasteiger partial charge in [0.1, 0.15) is 5.84 Å². The highest BCUT2D eigenvalue weighted by molar-refractivity contribution is 9.10. The Balaban J connectivity index is 2.31. The third kappa shape index (κ3) is 5.67. The van der Waals surface area contributed by atoms with Gasteiger partial charge in [-0.3, -0.25) is 0 Å². The van der Waals surface area contributed by atoms with E-state index in [1.807, 2.05) is 19.9 Å². The smallest absolute Gasteiger partial charge is 0.144 e. The van der Waals surface area contributed by atoms with E-state index in [0.717, 1.165) is 30.3 Å². The van der Waals surface area contributed by atoms with Crippen molar-refractivity contribution in [2.75, 3.05) is 6.54 Å². The van der Waals surface area contributed by atoms with Crippen molar-refractivity contribution < 1.29 is 5.21 Å². The quantitative estimate of drug-likeness (QED) is 0.216. The van der Waals surface area contributed by atoms with E-state index >= 15 is 0 Å². The van der Waals surface area contributed by atoms with Crippen molar-refractivity contribution >= 4 is 21.8 Å². The number of benzene rings is 1. The molecule has 0 spiro atoms. The molecule has 0 radical (unpaired) electrons. The molecule has 0 aliphatic carbocycles. The molecule has 4 N–H and O–H groups in total. The van der Waals surface area contributed by atoms with Gasteiger partial charge in [-0.1, -0.05) is 59.6 Å². The zero-order valence-corrected chi connectivity index (χ0v) is 14.7. The van der Waals surface area contributed by atoms with Crippen molar-refractivity contribution in [1.82, 2.24) is 5.32 Å². The topological polar surface area (TPSA) is 70.6 Å². The maximum atomic E-state index is 8.74. The number of rotatable bonds is 8. The van der Waals surface area contributed by atoms with Gasteiger partial charge in [0.2, 0.25) is 0 Å². The van der Waals surface area contributed by atoms with Gasteiger partial charge in [-0.05, 0) is 37.9 Å². The zero-order valence-electron chi connectivity index (χ0n) is 13.1. The number of hydrogen-bond acceptors (Lipinski definition) is 3. The number of oxime groups is 1. The fraction of sp³-hybridized carbons (Fsp3) is 0.562. The molecule has 0 aliphatic rings. The van der Waals surface area contributed by atoms with Crippen LogP contribution in [0.2, 0.25) is 0 Å². The SMILES string of the molecule is C[C@@H](NCCCCC(C)(C)/C(N)=N/O)c1ccccc1Br. The number of hydrogen-bond donors (Lipinski definition) is 3. The number of amidine groups is 1. The van der Waals surface area contributed by atoms with Gasteiger partial charge in [-0.2, -0.15) is 0 Å². The van der Waals surface area contributed by atoms with Gasteiger partial charge in [-0.25, -0.2) is 0 Å². The number of nitrogens with zero attached hydrogens (tertiary/aromatic N) is 1. The Morgan fingerprint density at radius 2 is 2.05 bits per heavy atom. The Labute approximate surface area is 135 Å². The summed E-state index contributed by atoms with van der Waals surface area (Å²) in [5.74, 6) is 0.303. The lowest BCUT2D eigenvalue weighted by molar-refractivity contribution is 0.304. The second kappa shape index (κ2) is 8.39. The maximum Gasteiger partial charge on any atom is 0.144 e. The lowest BCUT2D eigenvalue weighted by Crippen LogP contribution is -2.32. The first kappa shape index (κ1) is 18.0. The Morgan fingerprint density at radius 3 is 2.67 bits per heavy atom. The van der Waals surface area contributed by atoms with Crippen LogP contribution in [0.5, 0.6) is 0 Å². The van der Waals surface area contributed by atoms with Gasteiger partial charge >= 0.3 is 0 Å². The minimum Gasteiger partial charge on any atom is -0.409 e. The van der Waals surface area contributed by atoms with E-state index in [1.54, 1.807) is 0 Å². The van der Waals surface area contributed by atoms with Crippen LogP contribution in [0.1, 0.15) is 51.6 Å². The van der Waals surface area contributed by atoms with Crippen LogP contribution in [0.3, 0.4) is 0 Å². The van der Waals surface area contributed by atoms with Crippen LogP contribution in [0.15, 0.2) is 33.9 Å². The molecule has 0 aliphatic heterocycles. The molecule has 0 unspecified atom stereocenters. The van der Waals surface area contributed by atoms with Gasteiger partial charge in [0, 0.05) is 15.9 Å². The first-order valence-corrected chi connectivity index (χ1v) is 8.13. The average Bonchev–Trinajstić information content (AvgIpc) is 2.46. The van der Waals surface area contributed by atoms with Crippen LogP contribution < -0.4 is 11.1 Å². The van der Waals surface area contributed by atoms with Gasteiger partial charge in [0.25, 0.3) is 0 Å². The summed E-state index contributed by atoms with van der Waals surface area (Å²) < 4.78 is 1.14. The fourth-order valence-corrected chi connectivity index (χ4v) is 2.84. The number of unbranched alkanes of at least 4 members (excludes halogenated alkanes) is 1. The van der Waals surface area contributed by atoms with Crippen LogP contribution in [0.4, 0.5) is 0 Å². The molecule has 0 aromatic heterocycles. The van der Waals surface area contributed by atoms with Crippen molar-refractivity contribution in [3.05, 3.63) is 34.3 Å². The third-order valence-electron chi connectivity index (χ3n) is 3.85. The maximum absolute atomic E-state index is 8.74. The normalized spacial score (nSPS) is 14.2. The van der Waals surface area contributed by atoms with Crippen LogP contribution in [0, 0.1) is 5.41 Å². The summed E-state index contributed by atoms with van der Waals surface area (Å²) in [6.07, 6.45) is 3.02. The van der Waals surface area contributed by atoms with Gasteiger partial charge in [0.05, 0.1) is 0 Å². The second-order valence-electron chi connectivity index (χ2n) is 6.02. The molecular formula is C16H26BrN3O. The van der Waals surface area contributed by atoms with E-state index in [4.69, 9.17) is 10.9 Å². The molecule has 1 aromatic rings. The molecule has 0 saturated carbocycles. The highest BCUT2D eigenvalue weighted by Crippen LogP contribution is 2.24. The molecular weight excluding hydrogens is 330 g/mol. The summed E-state index contributed by atoms with van der Waals surface area (Å²) in [4.78, 5) is 0. The second-order valence-corrected chi connectivity index (χ2v) is 6.88. The Morgan fingerprint density at radius 1 is 1.38 bits per heavy atom. The van der Waals surface area contributed by atoms with Crippen molar-refractivity contribution in [2.24, 2.45) is 16.3 Å². The van der Waals surface area contributed by atoms with Gasteiger partial charge in [-0.15, -0.1) is 0 Å². The highest BCUT2D eigenvalue weighted by atomic mass is 79.9. The lowest BCUT2D eigenvalue weighted by Gasteiger charge is -2.23. The molecule has 0 saturated heterocycles. The number of nitrogens with two attached hydrogens (primary N) is 1. The summed E-state index contributed by atoms with van der Waals surface area (Å²) in [7, 11) is 0. The molecule has 5 heteroatoms. The summed E-state index contributed by atoms with van der Waals surface area (Å²) >= 11 is 3.58. The average molecular weight is 356 g/mol. The standard InChI is InChI=1S/C16H26BrN3O/c1-12(13-8-4-5-9-14(13)17)19-11-7-6-10-16(2,3)15(18)20-21/h4-5,8-9,12,19,21H,6-7,10-11H2,1-3H3,(H2,18,20)/t12-/m1/s1. The van der Waals surface area contributed by atoms with Crippen molar-refractivity contribution in [1.29, 1.82) is 0 Å². The number of halogens is 1. The summed E-state index contributed by atoms with van der Waals surface area (Å²) in [5, 5.41) is 15.4. The number of nitrogens with one attached hydrogen (secondary N) is 1. The van der Waals surface area contributed by atoms with Gasteiger partial charge < -0.3 is 16.3 Å². The first-order chi connectivity index (χ1) is 9.88. The van der Waals surface area contributed by atoms with E-state index in [2.05, 4.69) is 51.5 Å². The van der Waals surface area contributed by atoms with Crippen LogP contribution in [-0.4, -0.2) is 17.6 Å². The largest absolute Gasteiger partial charge is 0.409 e. The molecule has 0 heterocycles. The Hall–Kier alpha value is -1.07. The molecule has 21 heavy (non-hydrogen) atoms. The van der Waals surface area contributed by atoms with E-state index in [-0.39, 0.29) is 5.41 Å². The van der Waals surface area contributed by atoms with Gasteiger partial charge in [0.15, 0.2) is 0 Å². The van der Waals surface area contributed by atoms with Crippen molar-refractivity contribution in [2.45, 2.75) is 46.1 Å². The predicted octanol–water partition coefficient (Wildman–Crippen LogP) is 4.04. The zero-order chi connectivity index (χ0) is 15.9. The molecule has 0 amide bonds. The van der Waals surface area contributed by atoms with E-state index in [1.165, 1.54) is 5.56 Å². The molecule has 0 bridgehead atoms. The van der Waals surface area contributed by atoms with Crippen LogP contribution >= 0.6 is 15.9 Å². The summed E-state index contributed by atoms with van der Waals surface area (Å²) in [5.41, 5.74) is 6.71. The van der Waals surface area contributed by atoms with E-state index < -0.39 is 0 Å². The molecule has 0 fully saturated rings. The Kier molecular flexibility index (Phi) is 7.18. The Bertz CT molecular complexity index is 474. The first-order valence-electron chi connectivity index (χ1n) is 7.34. The summed E-state index contributed by atoms with van der Waals surface area (Å²) in [6, 6.07) is 8.58. The predicted molar refractivity (Wildman–Crippen MR) is 91.6 cm³/mol. The monoisotopic (exact) mass is 355 g/mol.